The van der Waals surface area contributed by atoms with E-state index in [0.717, 1.165) is 0 Å². The zero-order chi connectivity index (χ0) is 15.1. The molecule has 0 bridgehead atoms. The molecule has 0 aliphatic rings. The van der Waals surface area contributed by atoms with Gasteiger partial charge < -0.3 is 5.32 Å². The first kappa shape index (κ1) is 20.0. The lowest BCUT2D eigenvalue weighted by Gasteiger charge is -2.17. The highest BCUT2D eigenvalue weighted by Crippen LogP contribution is 2.19. The maximum atomic E-state index is 3.58. The highest BCUT2D eigenvalue weighted by atomic mass is 14.8. The summed E-state index contributed by atoms with van der Waals surface area (Å²) in [5.74, 6) is 0. The van der Waals surface area contributed by atoms with Gasteiger partial charge in [-0.25, -0.2) is 0 Å². The number of rotatable bonds is 14. The van der Waals surface area contributed by atoms with Gasteiger partial charge in [-0.15, -0.1) is 0 Å². The molecular formula is C19H41N. The minimum atomic E-state index is 0.499. The van der Waals surface area contributed by atoms with Crippen LogP contribution in [0.5, 0.6) is 0 Å². The van der Waals surface area contributed by atoms with Crippen LogP contribution >= 0.6 is 0 Å². The molecule has 20 heavy (non-hydrogen) atoms. The van der Waals surface area contributed by atoms with E-state index in [2.05, 4.69) is 33.0 Å². The summed E-state index contributed by atoms with van der Waals surface area (Å²) < 4.78 is 0. The van der Waals surface area contributed by atoms with E-state index in [1.54, 1.807) is 0 Å². The van der Waals surface area contributed by atoms with E-state index >= 15 is 0 Å². The van der Waals surface area contributed by atoms with Crippen molar-refractivity contribution in [3.63, 3.8) is 0 Å². The Morgan fingerprint density at radius 2 is 1.05 bits per heavy atom. The van der Waals surface area contributed by atoms with Gasteiger partial charge in [0.1, 0.15) is 0 Å². The number of nitrogens with one attached hydrogen (secondary N) is 1. The predicted molar refractivity (Wildman–Crippen MR) is 93.4 cm³/mol. The van der Waals surface area contributed by atoms with Crippen molar-refractivity contribution in [2.75, 3.05) is 13.1 Å². The maximum absolute atomic E-state index is 3.58. The molecule has 1 heteroatoms. The average Bonchev–Trinajstić information content (AvgIpc) is 2.38. The van der Waals surface area contributed by atoms with E-state index in [9.17, 15) is 0 Å². The minimum Gasteiger partial charge on any atom is -0.317 e. The van der Waals surface area contributed by atoms with Gasteiger partial charge >= 0.3 is 0 Å². The zero-order valence-corrected chi connectivity index (χ0v) is 14.9. The SMILES string of the molecule is CCCCCCCCCCCCNCCCC(C)(C)C. The van der Waals surface area contributed by atoms with Crippen LogP contribution < -0.4 is 5.32 Å². The summed E-state index contributed by atoms with van der Waals surface area (Å²) >= 11 is 0. The van der Waals surface area contributed by atoms with Gasteiger partial charge in [-0.05, 0) is 37.8 Å². The van der Waals surface area contributed by atoms with Crippen molar-refractivity contribution in [3.05, 3.63) is 0 Å². The fourth-order valence-corrected chi connectivity index (χ4v) is 2.61. The highest BCUT2D eigenvalue weighted by molar-refractivity contribution is 4.62. The minimum absolute atomic E-state index is 0.499. The lowest BCUT2D eigenvalue weighted by molar-refractivity contribution is 0.360. The molecule has 0 radical (unpaired) electrons. The maximum Gasteiger partial charge on any atom is -0.00487 e. The fourth-order valence-electron chi connectivity index (χ4n) is 2.61. The average molecular weight is 284 g/mol. The van der Waals surface area contributed by atoms with E-state index in [0.29, 0.717) is 5.41 Å². The van der Waals surface area contributed by atoms with Crippen molar-refractivity contribution < 1.29 is 0 Å². The molecule has 0 aliphatic heterocycles. The van der Waals surface area contributed by atoms with Gasteiger partial charge in [-0.1, -0.05) is 85.5 Å². The lowest BCUT2D eigenvalue weighted by atomic mass is 9.91. The summed E-state index contributed by atoms with van der Waals surface area (Å²) in [6, 6.07) is 0. The Morgan fingerprint density at radius 1 is 0.600 bits per heavy atom. The molecule has 0 amide bonds. The second-order valence-electron chi connectivity index (χ2n) is 7.60. The van der Waals surface area contributed by atoms with Crippen molar-refractivity contribution in [2.45, 2.75) is 105 Å². The Hall–Kier alpha value is -0.0400. The second kappa shape index (κ2) is 13.9. The van der Waals surface area contributed by atoms with Gasteiger partial charge in [0.25, 0.3) is 0 Å². The molecule has 0 atom stereocenters. The topological polar surface area (TPSA) is 12.0 Å². The van der Waals surface area contributed by atoms with Gasteiger partial charge in [0.05, 0.1) is 0 Å². The molecule has 1 nitrogen and oxygen atoms in total. The Bertz CT molecular complexity index is 181. The van der Waals surface area contributed by atoms with E-state index in [-0.39, 0.29) is 0 Å². The monoisotopic (exact) mass is 283 g/mol. The lowest BCUT2D eigenvalue weighted by Crippen LogP contribution is -2.18. The van der Waals surface area contributed by atoms with Crippen LogP contribution in [0, 0.1) is 5.41 Å². The van der Waals surface area contributed by atoms with Crippen molar-refractivity contribution in [1.82, 2.24) is 5.32 Å². The third kappa shape index (κ3) is 18.0. The quantitative estimate of drug-likeness (QED) is 0.368. The largest absolute Gasteiger partial charge is 0.317 e. The molecule has 0 aromatic rings. The standard InChI is InChI=1S/C19H41N/c1-5-6-7-8-9-10-11-12-13-14-17-20-18-15-16-19(2,3)4/h20H,5-18H2,1-4H3. The number of hydrogen-bond acceptors (Lipinski definition) is 1. The van der Waals surface area contributed by atoms with Gasteiger partial charge in [-0.3, -0.25) is 0 Å². The van der Waals surface area contributed by atoms with Crippen LogP contribution in [-0.2, 0) is 0 Å². The molecule has 0 aliphatic carbocycles. The molecule has 0 saturated heterocycles. The van der Waals surface area contributed by atoms with Crippen LogP contribution in [0.4, 0.5) is 0 Å². The Labute approximate surface area is 129 Å². The highest BCUT2D eigenvalue weighted by Gasteiger charge is 2.08. The molecule has 0 aromatic carbocycles. The van der Waals surface area contributed by atoms with Crippen LogP contribution in [0.15, 0.2) is 0 Å². The molecule has 1 N–H and O–H groups in total. The molecule has 0 unspecified atom stereocenters. The molecule has 0 rings (SSSR count). The van der Waals surface area contributed by atoms with Crippen molar-refractivity contribution >= 4 is 0 Å². The van der Waals surface area contributed by atoms with Crippen LogP contribution in [0.3, 0.4) is 0 Å². The first-order chi connectivity index (χ1) is 9.56. The summed E-state index contributed by atoms with van der Waals surface area (Å²) in [5, 5.41) is 3.58. The number of hydrogen-bond donors (Lipinski definition) is 1. The van der Waals surface area contributed by atoms with E-state index < -0.39 is 0 Å². The summed E-state index contributed by atoms with van der Waals surface area (Å²) in [6.07, 6.45) is 17.0. The van der Waals surface area contributed by atoms with Crippen LogP contribution in [0.2, 0.25) is 0 Å². The summed E-state index contributed by atoms with van der Waals surface area (Å²) in [4.78, 5) is 0. The third-order valence-corrected chi connectivity index (χ3v) is 3.99. The second-order valence-corrected chi connectivity index (χ2v) is 7.60. The Kier molecular flexibility index (Phi) is 13.9. The first-order valence-electron chi connectivity index (χ1n) is 9.27. The van der Waals surface area contributed by atoms with Gasteiger partial charge in [0.15, 0.2) is 0 Å². The Balaban J connectivity index is 2.99. The molecule has 0 spiro atoms. The zero-order valence-electron chi connectivity index (χ0n) is 14.9. The van der Waals surface area contributed by atoms with Gasteiger partial charge in [0.2, 0.25) is 0 Å². The van der Waals surface area contributed by atoms with Crippen LogP contribution in [-0.4, -0.2) is 13.1 Å². The Morgan fingerprint density at radius 3 is 1.55 bits per heavy atom. The first-order valence-corrected chi connectivity index (χ1v) is 9.27. The predicted octanol–water partition coefficient (Wildman–Crippen LogP) is 6.32. The van der Waals surface area contributed by atoms with Crippen molar-refractivity contribution in [3.8, 4) is 0 Å². The summed E-state index contributed by atoms with van der Waals surface area (Å²) in [5.41, 5.74) is 0.499. The van der Waals surface area contributed by atoms with Crippen LogP contribution in [0.25, 0.3) is 0 Å². The molecule has 0 heterocycles. The molecule has 122 valence electrons. The molecule has 0 fully saturated rings. The fraction of sp³-hybridized carbons (Fsp3) is 1.00. The van der Waals surface area contributed by atoms with Crippen molar-refractivity contribution in [1.29, 1.82) is 0 Å². The van der Waals surface area contributed by atoms with Crippen LogP contribution in [0.1, 0.15) is 105 Å². The van der Waals surface area contributed by atoms with Gasteiger partial charge in [0, 0.05) is 0 Å². The van der Waals surface area contributed by atoms with Gasteiger partial charge in [-0.2, -0.15) is 0 Å². The van der Waals surface area contributed by atoms with E-state index in [4.69, 9.17) is 0 Å². The van der Waals surface area contributed by atoms with Crippen molar-refractivity contribution in [2.24, 2.45) is 5.41 Å². The molecule has 0 aromatic heterocycles. The normalized spacial score (nSPS) is 12.0. The molecule has 0 saturated carbocycles. The number of unbranched alkanes of at least 4 members (excludes halogenated alkanes) is 9. The third-order valence-electron chi connectivity index (χ3n) is 3.99. The summed E-state index contributed by atoms with van der Waals surface area (Å²) in [7, 11) is 0. The van der Waals surface area contributed by atoms with E-state index in [1.807, 2.05) is 0 Å². The molecular weight excluding hydrogens is 242 g/mol. The van der Waals surface area contributed by atoms with E-state index in [1.165, 1.54) is 90.1 Å². The summed E-state index contributed by atoms with van der Waals surface area (Å²) in [6.45, 7) is 11.7. The smallest absolute Gasteiger partial charge is 0.00487 e.